The van der Waals surface area contributed by atoms with E-state index in [1.807, 2.05) is 6.07 Å². The molecule has 1 aromatic carbocycles. The first-order valence-electron chi connectivity index (χ1n) is 4.90. The molecule has 0 saturated heterocycles. The molecule has 0 aliphatic heterocycles. The molecule has 0 bridgehead atoms. The van der Waals surface area contributed by atoms with Crippen molar-refractivity contribution in [2.45, 2.75) is 18.9 Å². The third kappa shape index (κ3) is 2.28. The zero-order chi connectivity index (χ0) is 10.6. The summed E-state index contributed by atoms with van der Waals surface area (Å²) >= 11 is 5.85. The van der Waals surface area contributed by atoms with E-state index in [2.05, 4.69) is 50.2 Å². The van der Waals surface area contributed by atoms with Crippen molar-refractivity contribution >= 4 is 11.6 Å². The zero-order valence-electron chi connectivity index (χ0n) is 9.13. The van der Waals surface area contributed by atoms with Crippen LogP contribution in [0.15, 0.2) is 30.3 Å². The quantitative estimate of drug-likeness (QED) is 0.692. The highest BCUT2D eigenvalue weighted by atomic mass is 35.5. The highest BCUT2D eigenvalue weighted by Crippen LogP contribution is 2.29. The smallest absolute Gasteiger partial charge is 0.0437 e. The van der Waals surface area contributed by atoms with E-state index in [1.54, 1.807) is 0 Å². The first kappa shape index (κ1) is 11.5. The van der Waals surface area contributed by atoms with Gasteiger partial charge in [-0.15, -0.1) is 11.6 Å². The second kappa shape index (κ2) is 4.81. The minimum Gasteiger partial charge on any atom is -0.300 e. The summed E-state index contributed by atoms with van der Waals surface area (Å²) in [4.78, 5) is 2.23. The van der Waals surface area contributed by atoms with Gasteiger partial charge in [-0.05, 0) is 33.0 Å². The normalized spacial score (nSPS) is 15.5. The van der Waals surface area contributed by atoms with Gasteiger partial charge in [-0.3, -0.25) is 4.90 Å². The number of rotatable bonds is 4. The molecule has 0 spiro atoms. The summed E-state index contributed by atoms with van der Waals surface area (Å²) < 4.78 is 0. The Bertz CT molecular complexity index is 271. The van der Waals surface area contributed by atoms with Gasteiger partial charge in [0.05, 0.1) is 0 Å². The van der Waals surface area contributed by atoms with Gasteiger partial charge in [0.25, 0.3) is 0 Å². The maximum atomic E-state index is 5.85. The number of alkyl halides is 1. The SMILES string of the molecule is CN(C)C(C)(CCCl)c1ccccc1. The minimum atomic E-state index is 0.0447. The zero-order valence-corrected chi connectivity index (χ0v) is 9.88. The Kier molecular flexibility index (Phi) is 3.97. The number of benzene rings is 1. The molecule has 1 aromatic rings. The van der Waals surface area contributed by atoms with Crippen LogP contribution < -0.4 is 0 Å². The minimum absolute atomic E-state index is 0.0447. The van der Waals surface area contributed by atoms with Crippen molar-refractivity contribution < 1.29 is 0 Å². The van der Waals surface area contributed by atoms with Crippen molar-refractivity contribution in [3.05, 3.63) is 35.9 Å². The molecule has 0 aliphatic rings. The van der Waals surface area contributed by atoms with Gasteiger partial charge in [-0.1, -0.05) is 30.3 Å². The summed E-state index contributed by atoms with van der Waals surface area (Å²) in [6.45, 7) is 2.23. The fourth-order valence-corrected chi connectivity index (χ4v) is 1.98. The summed E-state index contributed by atoms with van der Waals surface area (Å²) in [7, 11) is 4.19. The second-order valence-corrected chi connectivity index (χ2v) is 4.35. The van der Waals surface area contributed by atoms with Crippen molar-refractivity contribution in [2.24, 2.45) is 0 Å². The lowest BCUT2D eigenvalue weighted by Crippen LogP contribution is -2.38. The third-order valence-electron chi connectivity index (χ3n) is 2.96. The molecular formula is C12H18ClN. The number of hydrogen-bond donors (Lipinski definition) is 0. The Balaban J connectivity index is 2.99. The van der Waals surface area contributed by atoms with Gasteiger partial charge in [0.1, 0.15) is 0 Å². The second-order valence-electron chi connectivity index (χ2n) is 3.97. The van der Waals surface area contributed by atoms with E-state index in [-0.39, 0.29) is 5.54 Å². The molecule has 0 radical (unpaired) electrons. The monoisotopic (exact) mass is 211 g/mol. The molecule has 1 rings (SSSR count). The average Bonchev–Trinajstić information content (AvgIpc) is 2.19. The Morgan fingerprint density at radius 3 is 2.21 bits per heavy atom. The van der Waals surface area contributed by atoms with Crippen molar-refractivity contribution in [2.75, 3.05) is 20.0 Å². The fourth-order valence-electron chi connectivity index (χ4n) is 1.61. The average molecular weight is 212 g/mol. The van der Waals surface area contributed by atoms with Crippen LogP contribution in [0.5, 0.6) is 0 Å². The molecule has 0 heterocycles. The molecule has 1 unspecified atom stereocenters. The molecule has 0 saturated carbocycles. The molecule has 14 heavy (non-hydrogen) atoms. The first-order valence-corrected chi connectivity index (χ1v) is 5.43. The molecule has 0 N–H and O–H groups in total. The van der Waals surface area contributed by atoms with Crippen LogP contribution in [-0.2, 0) is 5.54 Å². The summed E-state index contributed by atoms with van der Waals surface area (Å²) in [5.74, 6) is 0.684. The number of halogens is 1. The van der Waals surface area contributed by atoms with Crippen LogP contribution in [0.25, 0.3) is 0 Å². The van der Waals surface area contributed by atoms with Crippen LogP contribution in [0.1, 0.15) is 18.9 Å². The van der Waals surface area contributed by atoms with E-state index in [0.717, 1.165) is 6.42 Å². The molecule has 1 atom stereocenters. The van der Waals surface area contributed by atoms with Crippen molar-refractivity contribution in [3.63, 3.8) is 0 Å². The van der Waals surface area contributed by atoms with Crippen molar-refractivity contribution in [1.29, 1.82) is 0 Å². The van der Waals surface area contributed by atoms with Crippen LogP contribution in [0.2, 0.25) is 0 Å². The lowest BCUT2D eigenvalue weighted by Gasteiger charge is -2.36. The molecule has 0 amide bonds. The highest BCUT2D eigenvalue weighted by Gasteiger charge is 2.27. The fraction of sp³-hybridized carbons (Fsp3) is 0.500. The number of hydrogen-bond acceptors (Lipinski definition) is 1. The van der Waals surface area contributed by atoms with Gasteiger partial charge in [0.2, 0.25) is 0 Å². The van der Waals surface area contributed by atoms with Crippen LogP contribution in [0, 0.1) is 0 Å². The first-order chi connectivity index (χ1) is 6.61. The van der Waals surface area contributed by atoms with Crippen molar-refractivity contribution in [1.82, 2.24) is 4.90 Å². The van der Waals surface area contributed by atoms with E-state index in [4.69, 9.17) is 11.6 Å². The van der Waals surface area contributed by atoms with Gasteiger partial charge in [-0.25, -0.2) is 0 Å². The topological polar surface area (TPSA) is 3.24 Å². The summed E-state index contributed by atoms with van der Waals surface area (Å²) in [5, 5.41) is 0. The number of nitrogens with zero attached hydrogens (tertiary/aromatic N) is 1. The molecule has 1 nitrogen and oxygen atoms in total. The van der Waals surface area contributed by atoms with E-state index >= 15 is 0 Å². The van der Waals surface area contributed by atoms with Crippen LogP contribution in [0.4, 0.5) is 0 Å². The lowest BCUT2D eigenvalue weighted by atomic mass is 9.88. The Morgan fingerprint density at radius 1 is 1.21 bits per heavy atom. The molecule has 0 aromatic heterocycles. The third-order valence-corrected chi connectivity index (χ3v) is 3.15. The van der Waals surface area contributed by atoms with Crippen LogP contribution in [0.3, 0.4) is 0 Å². The van der Waals surface area contributed by atoms with Crippen molar-refractivity contribution in [3.8, 4) is 0 Å². The standard InChI is InChI=1S/C12H18ClN/c1-12(9-10-13,14(2)3)11-7-5-4-6-8-11/h4-8H,9-10H2,1-3H3. The highest BCUT2D eigenvalue weighted by molar-refractivity contribution is 6.17. The Morgan fingerprint density at radius 2 is 1.79 bits per heavy atom. The van der Waals surface area contributed by atoms with Crippen LogP contribution >= 0.6 is 11.6 Å². The van der Waals surface area contributed by atoms with E-state index in [1.165, 1.54) is 5.56 Å². The van der Waals surface area contributed by atoms with E-state index in [9.17, 15) is 0 Å². The predicted molar refractivity (Wildman–Crippen MR) is 62.8 cm³/mol. The van der Waals surface area contributed by atoms with Gasteiger partial charge in [-0.2, -0.15) is 0 Å². The van der Waals surface area contributed by atoms with Gasteiger partial charge < -0.3 is 0 Å². The van der Waals surface area contributed by atoms with E-state index < -0.39 is 0 Å². The lowest BCUT2D eigenvalue weighted by molar-refractivity contribution is 0.169. The molecular weight excluding hydrogens is 194 g/mol. The Labute approximate surface area is 91.7 Å². The molecule has 2 heteroatoms. The van der Waals surface area contributed by atoms with Gasteiger partial charge in [0.15, 0.2) is 0 Å². The van der Waals surface area contributed by atoms with Crippen LogP contribution in [-0.4, -0.2) is 24.9 Å². The van der Waals surface area contributed by atoms with E-state index in [0.29, 0.717) is 5.88 Å². The maximum Gasteiger partial charge on any atom is 0.0437 e. The molecule has 0 aliphatic carbocycles. The molecule has 78 valence electrons. The summed E-state index contributed by atoms with van der Waals surface area (Å²) in [5.41, 5.74) is 1.37. The predicted octanol–water partition coefficient (Wildman–Crippen LogP) is 3.09. The maximum absolute atomic E-state index is 5.85. The summed E-state index contributed by atoms with van der Waals surface area (Å²) in [6.07, 6.45) is 0.964. The largest absolute Gasteiger partial charge is 0.300 e. The van der Waals surface area contributed by atoms with Gasteiger partial charge >= 0.3 is 0 Å². The van der Waals surface area contributed by atoms with Gasteiger partial charge in [0, 0.05) is 11.4 Å². The molecule has 0 fully saturated rings. The summed E-state index contributed by atoms with van der Waals surface area (Å²) in [6, 6.07) is 10.5. The Hall–Kier alpha value is -0.530.